The van der Waals surface area contributed by atoms with Gasteiger partial charge >= 0.3 is 0 Å². The van der Waals surface area contributed by atoms with Gasteiger partial charge in [0, 0.05) is 30.6 Å². The predicted octanol–water partition coefficient (Wildman–Crippen LogP) is 5.02. The van der Waals surface area contributed by atoms with E-state index in [1.807, 2.05) is 40.7 Å². The maximum absolute atomic E-state index is 10.8. The van der Waals surface area contributed by atoms with E-state index in [1.54, 1.807) is 6.08 Å². The Morgan fingerprint density at radius 2 is 1.06 bits per heavy atom. The van der Waals surface area contributed by atoms with Gasteiger partial charge in [-0.25, -0.2) is 0 Å². The molecule has 0 spiro atoms. The molecule has 4 rings (SSSR count). The highest BCUT2D eigenvalue weighted by Crippen LogP contribution is 2.30. The molecule has 3 fully saturated rings. The summed E-state index contributed by atoms with van der Waals surface area (Å²) < 4.78 is 0. The number of hydrogen-bond acceptors (Lipinski definition) is 5. The first-order valence-corrected chi connectivity index (χ1v) is 12.9. The normalized spacial score (nSPS) is 41.7. The van der Waals surface area contributed by atoms with Crippen LogP contribution in [0.3, 0.4) is 0 Å². The van der Waals surface area contributed by atoms with Crippen LogP contribution in [0.1, 0.15) is 87.5 Å². The summed E-state index contributed by atoms with van der Waals surface area (Å²) in [5, 5.41) is 18.2. The zero-order chi connectivity index (χ0) is 25.5. The largest absolute Gasteiger partial charge is 0.392 e. The zero-order valence-corrected chi connectivity index (χ0v) is 22.1. The van der Waals surface area contributed by atoms with Gasteiger partial charge < -0.3 is 10.2 Å². The molecule has 10 atom stereocenters. The second-order valence-electron chi connectivity index (χ2n) is 11.1. The van der Waals surface area contributed by atoms with Crippen LogP contribution < -0.4 is 0 Å². The van der Waals surface area contributed by atoms with Gasteiger partial charge in [0.05, 0.1) is 12.2 Å². The molecule has 4 aliphatic carbocycles. The molecular weight excluding hydrogens is 416 g/mol. The van der Waals surface area contributed by atoms with Gasteiger partial charge in [0.1, 0.15) is 11.6 Å². The molecule has 4 aliphatic rings. The standard InChI is InChI=1S/2C7H12O2.C7H10O.C7H14/c2*1-4-5(2)7(9)3-6(4)8;1-5-3-4-7(8)6(5)2;1-6-4-3-5-7(6)2/h2*4-6,8H,3H2,1-2H3;3-6H,1-2H3;6-7H,3-5H2,1-2H3. The van der Waals surface area contributed by atoms with Gasteiger partial charge in [-0.05, 0) is 35.7 Å². The number of Topliss-reactive ketones (excluding diaryl/α,β-unsaturated/α-hetero) is 2. The van der Waals surface area contributed by atoms with Crippen molar-refractivity contribution in [1.29, 1.82) is 0 Å². The molecule has 0 saturated heterocycles. The molecule has 2 N–H and O–H groups in total. The summed E-state index contributed by atoms with van der Waals surface area (Å²) in [6, 6.07) is 0. The van der Waals surface area contributed by atoms with Crippen molar-refractivity contribution >= 4 is 17.3 Å². The molecule has 5 heteroatoms. The van der Waals surface area contributed by atoms with Crippen LogP contribution in [0.4, 0.5) is 0 Å². The maximum Gasteiger partial charge on any atom is 0.158 e. The molecule has 190 valence electrons. The van der Waals surface area contributed by atoms with Crippen LogP contribution in [0.15, 0.2) is 12.2 Å². The molecule has 5 nitrogen and oxygen atoms in total. The molecule has 33 heavy (non-hydrogen) atoms. The lowest BCUT2D eigenvalue weighted by Crippen LogP contribution is -2.13. The van der Waals surface area contributed by atoms with Crippen LogP contribution in [-0.2, 0) is 14.4 Å². The first-order valence-electron chi connectivity index (χ1n) is 12.9. The van der Waals surface area contributed by atoms with Crippen LogP contribution in [0.25, 0.3) is 0 Å². The minimum Gasteiger partial charge on any atom is -0.392 e. The Labute approximate surface area is 201 Å². The molecule has 0 amide bonds. The third kappa shape index (κ3) is 8.75. The summed E-state index contributed by atoms with van der Waals surface area (Å²) in [6.45, 7) is 16.3. The van der Waals surface area contributed by atoms with Gasteiger partial charge in [-0.15, -0.1) is 0 Å². The Morgan fingerprint density at radius 3 is 1.15 bits per heavy atom. The molecule has 0 heterocycles. The van der Waals surface area contributed by atoms with Crippen LogP contribution in [0.2, 0.25) is 0 Å². The van der Waals surface area contributed by atoms with E-state index in [0.717, 1.165) is 11.8 Å². The topological polar surface area (TPSA) is 91.7 Å². The lowest BCUT2D eigenvalue weighted by molar-refractivity contribution is -0.121. The molecule has 3 saturated carbocycles. The smallest absolute Gasteiger partial charge is 0.158 e. The third-order valence-corrected chi connectivity index (χ3v) is 8.72. The summed E-state index contributed by atoms with van der Waals surface area (Å²) in [5.74, 6) is 3.87. The summed E-state index contributed by atoms with van der Waals surface area (Å²) in [7, 11) is 0. The molecular formula is C28H48O5. The fourth-order valence-electron chi connectivity index (χ4n) is 4.56. The SMILES string of the molecule is CC1C(=O)CC(O)C1C.CC1C(=O)CC(O)C1C.CC1C=CC(=O)C1C.CC1CCCC1C. The number of aliphatic hydroxyl groups is 2. The van der Waals surface area contributed by atoms with Crippen molar-refractivity contribution in [1.82, 2.24) is 0 Å². The van der Waals surface area contributed by atoms with E-state index >= 15 is 0 Å². The lowest BCUT2D eigenvalue weighted by atomic mass is 9.99. The molecule has 0 aromatic rings. The molecule has 10 unspecified atom stereocenters. The maximum atomic E-state index is 10.8. The van der Waals surface area contributed by atoms with Gasteiger partial charge in [0.15, 0.2) is 5.78 Å². The van der Waals surface area contributed by atoms with Crippen LogP contribution in [-0.4, -0.2) is 39.8 Å². The summed E-state index contributed by atoms with van der Waals surface area (Å²) in [4.78, 5) is 32.4. The zero-order valence-electron chi connectivity index (χ0n) is 22.1. The van der Waals surface area contributed by atoms with Crippen LogP contribution >= 0.6 is 0 Å². The van der Waals surface area contributed by atoms with Gasteiger partial charge in [-0.2, -0.15) is 0 Å². The van der Waals surface area contributed by atoms with Gasteiger partial charge in [0.2, 0.25) is 0 Å². The number of carbonyl (C=O) groups is 3. The number of ketones is 3. The quantitative estimate of drug-likeness (QED) is 0.525. The van der Waals surface area contributed by atoms with Crippen molar-refractivity contribution in [3.63, 3.8) is 0 Å². The van der Waals surface area contributed by atoms with Crippen molar-refractivity contribution in [2.75, 3.05) is 0 Å². The Morgan fingerprint density at radius 1 is 0.667 bits per heavy atom. The second kappa shape index (κ2) is 13.5. The fraction of sp³-hybridized carbons (Fsp3) is 0.821. The monoisotopic (exact) mass is 464 g/mol. The number of rotatable bonds is 0. The summed E-state index contributed by atoms with van der Waals surface area (Å²) in [6.07, 6.45) is 8.03. The Bertz CT molecular complexity index is 644. The van der Waals surface area contributed by atoms with E-state index in [9.17, 15) is 14.4 Å². The van der Waals surface area contributed by atoms with Crippen molar-refractivity contribution in [2.45, 2.75) is 99.7 Å². The van der Waals surface area contributed by atoms with Crippen molar-refractivity contribution in [3.8, 4) is 0 Å². The average molecular weight is 465 g/mol. The number of aliphatic hydroxyl groups excluding tert-OH is 2. The number of hydrogen-bond donors (Lipinski definition) is 2. The van der Waals surface area contributed by atoms with Crippen molar-refractivity contribution in [2.24, 2.45) is 47.3 Å². The van der Waals surface area contributed by atoms with Crippen LogP contribution in [0.5, 0.6) is 0 Å². The molecule has 0 aliphatic heterocycles. The van der Waals surface area contributed by atoms with E-state index in [-0.39, 0.29) is 59.1 Å². The Balaban J connectivity index is 0.000000221. The van der Waals surface area contributed by atoms with Gasteiger partial charge in [-0.3, -0.25) is 14.4 Å². The highest BCUT2D eigenvalue weighted by atomic mass is 16.3. The van der Waals surface area contributed by atoms with Crippen molar-refractivity contribution < 1.29 is 24.6 Å². The van der Waals surface area contributed by atoms with Crippen LogP contribution in [0, 0.1) is 47.3 Å². The third-order valence-electron chi connectivity index (χ3n) is 8.72. The molecule has 0 aromatic carbocycles. The van der Waals surface area contributed by atoms with E-state index in [1.165, 1.54) is 19.3 Å². The molecule has 0 radical (unpaired) electrons. The predicted molar refractivity (Wildman–Crippen MR) is 133 cm³/mol. The summed E-state index contributed by atoms with van der Waals surface area (Å²) >= 11 is 0. The van der Waals surface area contributed by atoms with Crippen molar-refractivity contribution in [3.05, 3.63) is 12.2 Å². The first-order chi connectivity index (χ1) is 15.3. The lowest BCUT2D eigenvalue weighted by Gasteiger charge is -2.09. The van der Waals surface area contributed by atoms with E-state index in [4.69, 9.17) is 10.2 Å². The Hall–Kier alpha value is -1.33. The average Bonchev–Trinajstić information content (AvgIpc) is 3.42. The number of allylic oxidation sites excluding steroid dienone is 2. The Kier molecular flexibility index (Phi) is 12.2. The van der Waals surface area contributed by atoms with Gasteiger partial charge in [0.25, 0.3) is 0 Å². The first kappa shape index (κ1) is 29.7. The highest BCUT2D eigenvalue weighted by molar-refractivity contribution is 5.94. The number of carbonyl (C=O) groups excluding carboxylic acids is 3. The van der Waals surface area contributed by atoms with E-state index in [2.05, 4.69) is 20.8 Å². The molecule has 0 bridgehead atoms. The second-order valence-corrected chi connectivity index (χ2v) is 11.1. The molecule has 0 aromatic heterocycles. The minimum absolute atomic E-state index is 0.0694. The minimum atomic E-state index is -0.382. The van der Waals surface area contributed by atoms with E-state index in [0.29, 0.717) is 18.8 Å². The highest BCUT2D eigenvalue weighted by Gasteiger charge is 2.35. The summed E-state index contributed by atoms with van der Waals surface area (Å²) in [5.41, 5.74) is 0. The van der Waals surface area contributed by atoms with Gasteiger partial charge in [-0.1, -0.05) is 80.7 Å². The van der Waals surface area contributed by atoms with E-state index < -0.39 is 0 Å². The fourth-order valence-corrected chi connectivity index (χ4v) is 4.56.